The Kier molecular flexibility index (Phi) is 7.74. The van der Waals surface area contributed by atoms with Crippen molar-refractivity contribution >= 4 is 18.3 Å². The average Bonchev–Trinajstić information content (AvgIpc) is 2.66. The standard InChI is InChI=1S/C10H20N2O2.ClH/c1-11-4-5-12(2)10(13)7-9-3-6-14-8-9;/h9,11H,3-8H2,1-2H3;1H. The zero-order valence-corrected chi connectivity index (χ0v) is 10.3. The van der Waals surface area contributed by atoms with Crippen LogP contribution in [0.25, 0.3) is 0 Å². The van der Waals surface area contributed by atoms with E-state index in [2.05, 4.69) is 5.32 Å². The molecule has 15 heavy (non-hydrogen) atoms. The molecule has 0 radical (unpaired) electrons. The summed E-state index contributed by atoms with van der Waals surface area (Å²) in [5.41, 5.74) is 0. The fourth-order valence-electron chi connectivity index (χ4n) is 1.55. The summed E-state index contributed by atoms with van der Waals surface area (Å²) in [6.45, 7) is 3.20. The van der Waals surface area contributed by atoms with Gasteiger partial charge in [-0.15, -0.1) is 12.4 Å². The second-order valence-corrected chi connectivity index (χ2v) is 3.85. The fraction of sp³-hybridized carbons (Fsp3) is 0.900. The van der Waals surface area contributed by atoms with E-state index in [4.69, 9.17) is 4.74 Å². The van der Waals surface area contributed by atoms with E-state index in [-0.39, 0.29) is 18.3 Å². The second kappa shape index (κ2) is 7.91. The summed E-state index contributed by atoms with van der Waals surface area (Å²) in [5, 5.41) is 3.03. The topological polar surface area (TPSA) is 41.6 Å². The van der Waals surface area contributed by atoms with Crippen molar-refractivity contribution in [2.45, 2.75) is 12.8 Å². The van der Waals surface area contributed by atoms with Gasteiger partial charge in [-0.3, -0.25) is 4.79 Å². The summed E-state index contributed by atoms with van der Waals surface area (Å²) in [7, 11) is 3.75. The number of likely N-dealkylation sites (N-methyl/N-ethyl adjacent to an activating group) is 2. The Morgan fingerprint density at radius 3 is 2.87 bits per heavy atom. The monoisotopic (exact) mass is 236 g/mol. The number of carbonyl (C=O) groups excluding carboxylic acids is 1. The van der Waals surface area contributed by atoms with Crippen molar-refractivity contribution < 1.29 is 9.53 Å². The van der Waals surface area contributed by atoms with Crippen LogP contribution in [-0.2, 0) is 9.53 Å². The number of rotatable bonds is 5. The molecule has 1 amide bonds. The summed E-state index contributed by atoms with van der Waals surface area (Å²) in [6, 6.07) is 0. The van der Waals surface area contributed by atoms with Gasteiger partial charge in [0.15, 0.2) is 0 Å². The molecule has 1 unspecified atom stereocenters. The molecule has 0 aromatic rings. The van der Waals surface area contributed by atoms with Gasteiger partial charge in [0.25, 0.3) is 0 Å². The molecule has 5 heteroatoms. The minimum Gasteiger partial charge on any atom is -0.381 e. The molecule has 1 rings (SSSR count). The summed E-state index contributed by atoms with van der Waals surface area (Å²) < 4.78 is 5.24. The normalized spacial score (nSPS) is 19.7. The largest absolute Gasteiger partial charge is 0.381 e. The minimum absolute atomic E-state index is 0. The maximum Gasteiger partial charge on any atom is 0.222 e. The zero-order chi connectivity index (χ0) is 10.4. The highest BCUT2D eigenvalue weighted by Crippen LogP contribution is 2.16. The van der Waals surface area contributed by atoms with Gasteiger partial charge in [-0.05, 0) is 19.4 Å². The number of nitrogens with one attached hydrogen (secondary N) is 1. The van der Waals surface area contributed by atoms with E-state index in [1.807, 2.05) is 14.1 Å². The Hall–Kier alpha value is -0.320. The molecule has 1 fully saturated rings. The predicted molar refractivity (Wildman–Crippen MR) is 62.4 cm³/mol. The number of ether oxygens (including phenoxy) is 1. The Balaban J connectivity index is 0.00000196. The quantitative estimate of drug-likeness (QED) is 0.757. The van der Waals surface area contributed by atoms with E-state index >= 15 is 0 Å². The molecule has 1 N–H and O–H groups in total. The molecule has 90 valence electrons. The number of hydrogen-bond acceptors (Lipinski definition) is 3. The van der Waals surface area contributed by atoms with Crippen LogP contribution in [0.15, 0.2) is 0 Å². The highest BCUT2D eigenvalue weighted by Gasteiger charge is 2.20. The lowest BCUT2D eigenvalue weighted by molar-refractivity contribution is -0.130. The summed E-state index contributed by atoms with van der Waals surface area (Å²) in [4.78, 5) is 13.4. The summed E-state index contributed by atoms with van der Waals surface area (Å²) in [6.07, 6.45) is 1.67. The van der Waals surface area contributed by atoms with Gasteiger partial charge < -0.3 is 15.0 Å². The van der Waals surface area contributed by atoms with Crippen LogP contribution in [0.1, 0.15) is 12.8 Å². The van der Waals surface area contributed by atoms with E-state index in [1.54, 1.807) is 4.90 Å². The molecule has 0 aliphatic carbocycles. The van der Waals surface area contributed by atoms with E-state index in [0.29, 0.717) is 12.3 Å². The average molecular weight is 237 g/mol. The molecule has 0 bridgehead atoms. The first-order valence-electron chi connectivity index (χ1n) is 5.20. The number of halogens is 1. The van der Waals surface area contributed by atoms with Crippen molar-refractivity contribution in [1.82, 2.24) is 10.2 Å². The molecular weight excluding hydrogens is 216 g/mol. The molecule has 0 spiro atoms. The lowest BCUT2D eigenvalue weighted by Crippen LogP contribution is -2.33. The molecule has 1 aliphatic rings. The number of amides is 1. The molecule has 1 aliphatic heterocycles. The molecule has 0 aromatic carbocycles. The minimum atomic E-state index is 0. The molecule has 1 saturated heterocycles. The van der Waals surface area contributed by atoms with Crippen LogP contribution in [0.3, 0.4) is 0 Å². The SMILES string of the molecule is CNCCN(C)C(=O)CC1CCOC1.Cl. The van der Waals surface area contributed by atoms with Crippen LogP contribution in [0.2, 0.25) is 0 Å². The predicted octanol–water partition coefficient (Wildman–Crippen LogP) is 0.513. The van der Waals surface area contributed by atoms with Gasteiger partial charge in [-0.1, -0.05) is 0 Å². The third kappa shape index (κ3) is 5.35. The third-order valence-electron chi connectivity index (χ3n) is 2.61. The number of nitrogens with zero attached hydrogens (tertiary/aromatic N) is 1. The Bertz CT molecular complexity index is 184. The van der Waals surface area contributed by atoms with E-state index in [9.17, 15) is 4.79 Å². The zero-order valence-electron chi connectivity index (χ0n) is 9.49. The molecule has 1 atom stereocenters. The van der Waals surface area contributed by atoms with Crippen molar-refractivity contribution in [1.29, 1.82) is 0 Å². The Morgan fingerprint density at radius 2 is 2.33 bits per heavy atom. The smallest absolute Gasteiger partial charge is 0.222 e. The first-order valence-corrected chi connectivity index (χ1v) is 5.20. The maximum absolute atomic E-state index is 11.6. The van der Waals surface area contributed by atoms with Crippen molar-refractivity contribution in [3.05, 3.63) is 0 Å². The van der Waals surface area contributed by atoms with E-state index in [1.165, 1.54) is 0 Å². The molecule has 4 nitrogen and oxygen atoms in total. The van der Waals surface area contributed by atoms with Crippen LogP contribution < -0.4 is 5.32 Å². The van der Waals surface area contributed by atoms with Gasteiger partial charge in [0.05, 0.1) is 0 Å². The first kappa shape index (κ1) is 14.7. The molecule has 0 saturated carbocycles. The van der Waals surface area contributed by atoms with Crippen molar-refractivity contribution in [3.8, 4) is 0 Å². The lowest BCUT2D eigenvalue weighted by atomic mass is 10.0. The van der Waals surface area contributed by atoms with E-state index in [0.717, 1.165) is 32.7 Å². The number of hydrogen-bond donors (Lipinski definition) is 1. The van der Waals surface area contributed by atoms with Crippen LogP contribution in [-0.4, -0.2) is 51.2 Å². The van der Waals surface area contributed by atoms with Crippen LogP contribution in [0.5, 0.6) is 0 Å². The molecular formula is C10H21ClN2O2. The van der Waals surface area contributed by atoms with Gasteiger partial charge in [0.1, 0.15) is 0 Å². The molecule has 1 heterocycles. The summed E-state index contributed by atoms with van der Waals surface area (Å²) in [5.74, 6) is 0.676. The van der Waals surface area contributed by atoms with Gasteiger partial charge in [0, 0.05) is 39.8 Å². The van der Waals surface area contributed by atoms with Crippen LogP contribution >= 0.6 is 12.4 Å². The highest BCUT2D eigenvalue weighted by molar-refractivity contribution is 5.85. The van der Waals surface area contributed by atoms with Crippen molar-refractivity contribution in [2.24, 2.45) is 5.92 Å². The lowest BCUT2D eigenvalue weighted by Gasteiger charge is -2.18. The van der Waals surface area contributed by atoms with Crippen LogP contribution in [0.4, 0.5) is 0 Å². The number of carbonyl (C=O) groups is 1. The van der Waals surface area contributed by atoms with Gasteiger partial charge in [0.2, 0.25) is 5.91 Å². The van der Waals surface area contributed by atoms with Crippen molar-refractivity contribution in [2.75, 3.05) is 40.4 Å². The second-order valence-electron chi connectivity index (χ2n) is 3.85. The van der Waals surface area contributed by atoms with Crippen LogP contribution in [0, 0.1) is 5.92 Å². The van der Waals surface area contributed by atoms with E-state index < -0.39 is 0 Å². The van der Waals surface area contributed by atoms with Crippen molar-refractivity contribution in [3.63, 3.8) is 0 Å². The highest BCUT2D eigenvalue weighted by atomic mass is 35.5. The van der Waals surface area contributed by atoms with Gasteiger partial charge in [-0.25, -0.2) is 0 Å². The third-order valence-corrected chi connectivity index (χ3v) is 2.61. The first-order chi connectivity index (χ1) is 6.74. The Morgan fingerprint density at radius 1 is 1.60 bits per heavy atom. The molecule has 0 aromatic heterocycles. The summed E-state index contributed by atoms with van der Waals surface area (Å²) >= 11 is 0. The Labute approximate surface area is 97.8 Å². The van der Waals surface area contributed by atoms with Gasteiger partial charge in [-0.2, -0.15) is 0 Å². The fourth-order valence-corrected chi connectivity index (χ4v) is 1.55. The van der Waals surface area contributed by atoms with Gasteiger partial charge >= 0.3 is 0 Å². The maximum atomic E-state index is 11.6.